The largest absolute Gasteiger partial charge is 0.391 e. The Bertz CT molecular complexity index is 385. The first-order valence-corrected chi connectivity index (χ1v) is 5.77. The fourth-order valence-corrected chi connectivity index (χ4v) is 1.50. The first kappa shape index (κ1) is 14.4. The van der Waals surface area contributed by atoms with Crippen LogP contribution in [0.4, 0.5) is 5.82 Å². The van der Waals surface area contributed by atoms with E-state index in [0.29, 0.717) is 31.0 Å². The highest BCUT2D eigenvalue weighted by Crippen LogP contribution is 2.11. The van der Waals surface area contributed by atoms with Gasteiger partial charge in [-0.15, -0.1) is 0 Å². The number of aliphatic hydroxyl groups excluding tert-OH is 1. The van der Waals surface area contributed by atoms with E-state index in [0.717, 1.165) is 0 Å². The van der Waals surface area contributed by atoms with Crippen LogP contribution in [0, 0.1) is 0 Å². The van der Waals surface area contributed by atoms with Crippen molar-refractivity contribution in [3.05, 3.63) is 23.9 Å². The van der Waals surface area contributed by atoms with Gasteiger partial charge in [-0.25, -0.2) is 4.98 Å². The summed E-state index contributed by atoms with van der Waals surface area (Å²) in [5.74, 6) is 0.324. The van der Waals surface area contributed by atoms with Crippen LogP contribution in [0.5, 0.6) is 0 Å². The highest BCUT2D eigenvalue weighted by molar-refractivity contribution is 5.98. The van der Waals surface area contributed by atoms with E-state index in [-0.39, 0.29) is 5.91 Å². The topological polar surface area (TPSA) is 83.5 Å². The molecule has 1 aromatic rings. The Morgan fingerprint density at radius 1 is 1.61 bits per heavy atom. The molecule has 6 nitrogen and oxygen atoms in total. The summed E-state index contributed by atoms with van der Waals surface area (Å²) in [7, 11) is 3.11. The Morgan fingerprint density at radius 2 is 2.39 bits per heavy atom. The summed E-state index contributed by atoms with van der Waals surface area (Å²) in [6, 6.07) is 3.40. The number of carbonyl (C=O) groups excluding carboxylic acids is 1. The van der Waals surface area contributed by atoms with Crippen molar-refractivity contribution >= 4 is 11.7 Å². The second kappa shape index (κ2) is 7.62. The molecule has 1 unspecified atom stereocenters. The fourth-order valence-electron chi connectivity index (χ4n) is 1.50. The molecule has 1 atom stereocenters. The molecule has 0 aliphatic heterocycles. The third-order valence-corrected chi connectivity index (χ3v) is 2.41. The van der Waals surface area contributed by atoms with Crippen LogP contribution in [-0.4, -0.2) is 49.4 Å². The number of amides is 1. The van der Waals surface area contributed by atoms with Crippen molar-refractivity contribution in [1.29, 1.82) is 0 Å². The molecule has 100 valence electrons. The lowest BCUT2D eigenvalue weighted by Crippen LogP contribution is -2.22. The van der Waals surface area contributed by atoms with Gasteiger partial charge in [0.15, 0.2) is 0 Å². The monoisotopic (exact) mass is 253 g/mol. The van der Waals surface area contributed by atoms with Crippen molar-refractivity contribution < 1.29 is 14.6 Å². The van der Waals surface area contributed by atoms with Gasteiger partial charge in [0.1, 0.15) is 5.82 Å². The highest BCUT2D eigenvalue weighted by atomic mass is 16.5. The average Bonchev–Trinajstić information content (AvgIpc) is 2.39. The van der Waals surface area contributed by atoms with Gasteiger partial charge in [0, 0.05) is 26.9 Å². The van der Waals surface area contributed by atoms with Crippen LogP contribution >= 0.6 is 0 Å². The molecule has 3 N–H and O–H groups in total. The lowest BCUT2D eigenvalue weighted by molar-refractivity contribution is 0.0615. The minimum Gasteiger partial charge on any atom is -0.391 e. The van der Waals surface area contributed by atoms with Crippen LogP contribution < -0.4 is 10.6 Å². The molecular weight excluding hydrogens is 234 g/mol. The molecule has 6 heteroatoms. The molecule has 0 spiro atoms. The van der Waals surface area contributed by atoms with Gasteiger partial charge in [-0.2, -0.15) is 0 Å². The molecule has 0 fully saturated rings. The zero-order chi connectivity index (χ0) is 13.4. The van der Waals surface area contributed by atoms with Gasteiger partial charge < -0.3 is 20.5 Å². The number of nitrogens with zero attached hydrogens (tertiary/aromatic N) is 1. The van der Waals surface area contributed by atoms with Crippen molar-refractivity contribution in [2.75, 3.05) is 32.6 Å². The van der Waals surface area contributed by atoms with Crippen molar-refractivity contribution in [2.24, 2.45) is 0 Å². The third kappa shape index (κ3) is 4.31. The standard InChI is InChI=1S/C12H19N3O3/c1-13-12(17)10-4-3-6-14-11(10)15-7-5-9(16)8-18-2/h3-4,6,9,16H,5,7-8H2,1-2H3,(H,13,17)(H,14,15). The Kier molecular flexibility index (Phi) is 6.10. The van der Waals surface area contributed by atoms with Crippen molar-refractivity contribution in [2.45, 2.75) is 12.5 Å². The number of pyridine rings is 1. The molecule has 1 amide bonds. The average molecular weight is 253 g/mol. The van der Waals surface area contributed by atoms with Gasteiger partial charge in [0.05, 0.1) is 18.3 Å². The molecular formula is C12H19N3O3. The molecule has 0 aliphatic carbocycles. The first-order valence-electron chi connectivity index (χ1n) is 5.77. The Balaban J connectivity index is 2.54. The summed E-state index contributed by atoms with van der Waals surface area (Å²) < 4.78 is 4.83. The zero-order valence-corrected chi connectivity index (χ0v) is 10.6. The van der Waals surface area contributed by atoms with Crippen LogP contribution in [0.15, 0.2) is 18.3 Å². The van der Waals surface area contributed by atoms with E-state index in [1.807, 2.05) is 0 Å². The first-order chi connectivity index (χ1) is 8.69. The highest BCUT2D eigenvalue weighted by Gasteiger charge is 2.10. The van der Waals surface area contributed by atoms with E-state index in [1.165, 1.54) is 0 Å². The summed E-state index contributed by atoms with van der Waals surface area (Å²) >= 11 is 0. The van der Waals surface area contributed by atoms with E-state index in [9.17, 15) is 9.90 Å². The second-order valence-electron chi connectivity index (χ2n) is 3.80. The number of nitrogens with one attached hydrogen (secondary N) is 2. The number of aliphatic hydroxyl groups is 1. The molecule has 0 radical (unpaired) electrons. The summed E-state index contributed by atoms with van der Waals surface area (Å²) in [5.41, 5.74) is 0.487. The maximum atomic E-state index is 11.6. The van der Waals surface area contributed by atoms with Crippen molar-refractivity contribution in [1.82, 2.24) is 10.3 Å². The lowest BCUT2D eigenvalue weighted by Gasteiger charge is -2.12. The number of ether oxygens (including phenoxy) is 1. The predicted octanol–water partition coefficient (Wildman–Crippen LogP) is 0.250. The fraction of sp³-hybridized carbons (Fsp3) is 0.500. The smallest absolute Gasteiger partial charge is 0.254 e. The summed E-state index contributed by atoms with van der Waals surface area (Å²) in [5, 5.41) is 15.1. The van der Waals surface area contributed by atoms with Gasteiger partial charge in [-0.1, -0.05) is 0 Å². The number of hydrogen-bond acceptors (Lipinski definition) is 5. The Hall–Kier alpha value is -1.66. The molecule has 18 heavy (non-hydrogen) atoms. The number of hydrogen-bond donors (Lipinski definition) is 3. The summed E-state index contributed by atoms with van der Waals surface area (Å²) in [6.07, 6.45) is 1.62. The van der Waals surface area contributed by atoms with Crippen LogP contribution in [-0.2, 0) is 4.74 Å². The molecule has 0 bridgehead atoms. The van der Waals surface area contributed by atoms with E-state index in [2.05, 4.69) is 15.6 Å². The quantitative estimate of drug-likeness (QED) is 0.649. The Morgan fingerprint density at radius 3 is 3.06 bits per heavy atom. The van der Waals surface area contributed by atoms with Gasteiger partial charge in [0.25, 0.3) is 5.91 Å². The van der Waals surface area contributed by atoms with Crippen LogP contribution in [0.25, 0.3) is 0 Å². The summed E-state index contributed by atoms with van der Waals surface area (Å²) in [4.78, 5) is 15.7. The van der Waals surface area contributed by atoms with Crippen molar-refractivity contribution in [3.63, 3.8) is 0 Å². The van der Waals surface area contributed by atoms with Gasteiger partial charge in [0.2, 0.25) is 0 Å². The molecule has 0 aromatic carbocycles. The van der Waals surface area contributed by atoms with Crippen LogP contribution in [0.1, 0.15) is 16.8 Å². The van der Waals surface area contributed by atoms with E-state index in [4.69, 9.17) is 4.74 Å². The number of anilines is 1. The van der Waals surface area contributed by atoms with E-state index in [1.54, 1.807) is 32.5 Å². The number of carbonyl (C=O) groups is 1. The summed E-state index contributed by atoms with van der Waals surface area (Å²) in [6.45, 7) is 0.817. The number of rotatable bonds is 7. The maximum Gasteiger partial charge on any atom is 0.254 e. The van der Waals surface area contributed by atoms with Crippen LogP contribution in [0.3, 0.4) is 0 Å². The Labute approximate surface area is 106 Å². The zero-order valence-electron chi connectivity index (χ0n) is 10.6. The normalized spacial score (nSPS) is 11.9. The third-order valence-electron chi connectivity index (χ3n) is 2.41. The second-order valence-corrected chi connectivity index (χ2v) is 3.80. The molecule has 1 aromatic heterocycles. The van der Waals surface area contributed by atoms with Gasteiger partial charge in [-0.05, 0) is 18.6 Å². The lowest BCUT2D eigenvalue weighted by atomic mass is 10.2. The number of aromatic nitrogens is 1. The molecule has 0 aliphatic rings. The van der Waals surface area contributed by atoms with Gasteiger partial charge >= 0.3 is 0 Å². The van der Waals surface area contributed by atoms with Gasteiger partial charge in [-0.3, -0.25) is 4.79 Å². The molecule has 1 rings (SSSR count). The minimum absolute atomic E-state index is 0.192. The predicted molar refractivity (Wildman–Crippen MR) is 68.6 cm³/mol. The molecule has 0 saturated heterocycles. The van der Waals surface area contributed by atoms with E-state index < -0.39 is 6.10 Å². The minimum atomic E-state index is -0.519. The van der Waals surface area contributed by atoms with E-state index >= 15 is 0 Å². The van der Waals surface area contributed by atoms with Crippen LogP contribution in [0.2, 0.25) is 0 Å². The maximum absolute atomic E-state index is 11.6. The number of methoxy groups -OCH3 is 1. The SMILES string of the molecule is CNC(=O)c1cccnc1NCCC(O)COC. The van der Waals surface area contributed by atoms with Crippen molar-refractivity contribution in [3.8, 4) is 0 Å². The molecule has 0 saturated carbocycles. The molecule has 1 heterocycles.